The van der Waals surface area contributed by atoms with Gasteiger partial charge in [0.25, 0.3) is 0 Å². The summed E-state index contributed by atoms with van der Waals surface area (Å²) in [5, 5.41) is 16.5. The molecule has 0 aliphatic heterocycles. The van der Waals surface area contributed by atoms with Gasteiger partial charge in [0.1, 0.15) is 5.82 Å². The molecule has 0 aliphatic rings. The van der Waals surface area contributed by atoms with Crippen LogP contribution in [0.5, 0.6) is 0 Å². The van der Waals surface area contributed by atoms with Gasteiger partial charge in [0.2, 0.25) is 0 Å². The van der Waals surface area contributed by atoms with Gasteiger partial charge in [0.15, 0.2) is 0 Å². The predicted molar refractivity (Wildman–Crippen MR) is 75.8 cm³/mol. The number of aliphatic hydroxyl groups is 1. The summed E-state index contributed by atoms with van der Waals surface area (Å²) in [5.74, 6) is 0.935. The topological polar surface area (TPSA) is 76.1 Å². The largest absolute Gasteiger partial charge is 0.396 e. The minimum Gasteiger partial charge on any atom is -0.396 e. The highest BCUT2D eigenvalue weighted by Gasteiger charge is 2.13. The summed E-state index contributed by atoms with van der Waals surface area (Å²) >= 11 is 0. The van der Waals surface area contributed by atoms with Crippen molar-refractivity contribution in [2.45, 2.75) is 52.5 Å². The van der Waals surface area contributed by atoms with Gasteiger partial charge in [-0.15, -0.1) is 0 Å². The number of hydrogen-bond acceptors (Lipinski definition) is 4. The van der Waals surface area contributed by atoms with E-state index in [1.807, 2.05) is 11.6 Å². The van der Waals surface area contributed by atoms with Crippen molar-refractivity contribution < 1.29 is 5.11 Å². The Balaban J connectivity index is 2.46. The third kappa shape index (κ3) is 3.91. The maximum absolute atomic E-state index is 8.69. The number of nitrogens with zero attached hydrogens (tertiary/aromatic N) is 2. The van der Waals surface area contributed by atoms with Gasteiger partial charge < -0.3 is 16.2 Å². The van der Waals surface area contributed by atoms with Crippen molar-refractivity contribution in [3.8, 4) is 0 Å². The average Bonchev–Trinajstić information content (AvgIpc) is 2.61. The second kappa shape index (κ2) is 7.26. The first-order valence-corrected chi connectivity index (χ1v) is 6.77. The molecule has 1 aromatic rings. The lowest BCUT2D eigenvalue weighted by Crippen LogP contribution is -2.12. The second-order valence-corrected chi connectivity index (χ2v) is 4.95. The van der Waals surface area contributed by atoms with Gasteiger partial charge >= 0.3 is 0 Å². The molecule has 0 amide bonds. The van der Waals surface area contributed by atoms with Gasteiger partial charge in [-0.3, -0.25) is 0 Å². The van der Waals surface area contributed by atoms with Crippen LogP contribution in [0.25, 0.3) is 0 Å². The van der Waals surface area contributed by atoms with Crippen molar-refractivity contribution >= 4 is 11.5 Å². The number of aryl methyl sites for hydroxylation is 1. The van der Waals surface area contributed by atoms with Crippen LogP contribution in [0.3, 0.4) is 0 Å². The molecule has 1 rings (SSSR count). The fourth-order valence-corrected chi connectivity index (χ4v) is 1.91. The fraction of sp³-hybridized carbons (Fsp3) is 0.769. The summed E-state index contributed by atoms with van der Waals surface area (Å²) in [6.45, 7) is 7.31. The third-order valence-corrected chi connectivity index (χ3v) is 3.00. The first kappa shape index (κ1) is 14.8. The molecule has 0 aliphatic carbocycles. The van der Waals surface area contributed by atoms with E-state index in [1.165, 1.54) is 0 Å². The number of aromatic nitrogens is 2. The molecule has 1 aromatic heterocycles. The normalized spacial score (nSPS) is 11.2. The molecule has 0 atom stereocenters. The quantitative estimate of drug-likeness (QED) is 0.622. The summed E-state index contributed by atoms with van der Waals surface area (Å²) in [5.41, 5.74) is 7.65. The van der Waals surface area contributed by atoms with Crippen LogP contribution >= 0.6 is 0 Å². The molecule has 0 spiro atoms. The Morgan fingerprint density at radius 1 is 1.28 bits per heavy atom. The van der Waals surface area contributed by atoms with Crippen molar-refractivity contribution in [1.29, 1.82) is 0 Å². The Kier molecular flexibility index (Phi) is 5.98. The first-order chi connectivity index (χ1) is 8.57. The highest BCUT2D eigenvalue weighted by molar-refractivity contribution is 5.64. The summed E-state index contributed by atoms with van der Waals surface area (Å²) in [6, 6.07) is 0.304. The zero-order valence-electron chi connectivity index (χ0n) is 11.7. The third-order valence-electron chi connectivity index (χ3n) is 3.00. The van der Waals surface area contributed by atoms with E-state index in [1.54, 1.807) is 0 Å². The maximum atomic E-state index is 8.69. The van der Waals surface area contributed by atoms with E-state index in [4.69, 9.17) is 10.8 Å². The average molecular weight is 254 g/mol. The van der Waals surface area contributed by atoms with Crippen molar-refractivity contribution in [2.75, 3.05) is 24.2 Å². The molecule has 0 aromatic carbocycles. The summed E-state index contributed by atoms with van der Waals surface area (Å²) in [6.07, 6.45) is 4.19. The lowest BCUT2D eigenvalue weighted by molar-refractivity contribution is 0.283. The Morgan fingerprint density at radius 3 is 2.56 bits per heavy atom. The van der Waals surface area contributed by atoms with Crippen molar-refractivity contribution in [1.82, 2.24) is 9.78 Å². The smallest absolute Gasteiger partial charge is 0.148 e. The number of anilines is 2. The highest BCUT2D eigenvalue weighted by Crippen LogP contribution is 2.25. The molecule has 0 radical (unpaired) electrons. The van der Waals surface area contributed by atoms with E-state index in [0.29, 0.717) is 12.6 Å². The van der Waals surface area contributed by atoms with Crippen LogP contribution in [0.4, 0.5) is 11.5 Å². The minimum atomic E-state index is 0.291. The Morgan fingerprint density at radius 2 is 1.94 bits per heavy atom. The number of nitrogen functional groups attached to an aromatic ring is 1. The standard InChI is InChI=1S/C13H26N4O/c1-10(2)17-13(12(14)11(3)16-17)15-8-6-4-5-7-9-18/h10,15,18H,4-9,14H2,1-3H3. The number of unbranched alkanes of at least 4 members (excludes halogenated alkanes) is 3. The van der Waals surface area contributed by atoms with E-state index in [9.17, 15) is 0 Å². The predicted octanol–water partition coefficient (Wildman–Crippen LogP) is 2.32. The lowest BCUT2D eigenvalue weighted by atomic mass is 10.2. The van der Waals surface area contributed by atoms with Gasteiger partial charge in [0.05, 0.1) is 11.4 Å². The molecule has 4 N–H and O–H groups in total. The first-order valence-electron chi connectivity index (χ1n) is 6.77. The number of nitrogens with two attached hydrogens (primary N) is 1. The van der Waals surface area contributed by atoms with Gasteiger partial charge in [-0.2, -0.15) is 5.10 Å². The number of hydrogen-bond donors (Lipinski definition) is 3. The van der Waals surface area contributed by atoms with E-state index in [-0.39, 0.29) is 0 Å². The molecular formula is C13H26N4O. The van der Waals surface area contributed by atoms with Crippen molar-refractivity contribution in [2.24, 2.45) is 0 Å². The summed E-state index contributed by atoms with van der Waals surface area (Å²) in [4.78, 5) is 0. The van der Waals surface area contributed by atoms with Crippen LogP contribution in [-0.4, -0.2) is 28.0 Å². The Labute approximate surface area is 109 Å². The molecule has 0 saturated heterocycles. The molecule has 1 heterocycles. The SMILES string of the molecule is Cc1nn(C(C)C)c(NCCCCCCO)c1N. The van der Waals surface area contributed by atoms with Gasteiger partial charge in [0, 0.05) is 19.2 Å². The van der Waals surface area contributed by atoms with E-state index in [2.05, 4.69) is 24.3 Å². The number of rotatable bonds is 8. The molecular weight excluding hydrogens is 228 g/mol. The number of nitrogens with one attached hydrogen (secondary N) is 1. The van der Waals surface area contributed by atoms with Crippen LogP contribution in [0.2, 0.25) is 0 Å². The van der Waals surface area contributed by atoms with E-state index in [0.717, 1.165) is 49.4 Å². The van der Waals surface area contributed by atoms with Crippen LogP contribution in [0.1, 0.15) is 51.3 Å². The monoisotopic (exact) mass is 254 g/mol. The van der Waals surface area contributed by atoms with Crippen molar-refractivity contribution in [3.63, 3.8) is 0 Å². The minimum absolute atomic E-state index is 0.291. The van der Waals surface area contributed by atoms with Crippen LogP contribution in [-0.2, 0) is 0 Å². The molecule has 0 bridgehead atoms. The Hall–Kier alpha value is -1.23. The lowest BCUT2D eigenvalue weighted by Gasteiger charge is -2.13. The molecule has 18 heavy (non-hydrogen) atoms. The zero-order chi connectivity index (χ0) is 13.5. The molecule has 0 saturated carbocycles. The van der Waals surface area contributed by atoms with Crippen LogP contribution in [0.15, 0.2) is 0 Å². The molecule has 0 fully saturated rings. The maximum Gasteiger partial charge on any atom is 0.148 e. The molecule has 104 valence electrons. The highest BCUT2D eigenvalue weighted by atomic mass is 16.2. The van der Waals surface area contributed by atoms with Crippen LogP contribution < -0.4 is 11.1 Å². The number of aliphatic hydroxyl groups excluding tert-OH is 1. The molecule has 5 heteroatoms. The Bertz CT molecular complexity index is 360. The van der Waals surface area contributed by atoms with Gasteiger partial charge in [-0.1, -0.05) is 12.8 Å². The van der Waals surface area contributed by atoms with E-state index < -0.39 is 0 Å². The van der Waals surface area contributed by atoms with Crippen molar-refractivity contribution in [3.05, 3.63) is 5.69 Å². The van der Waals surface area contributed by atoms with Crippen LogP contribution in [0, 0.1) is 6.92 Å². The molecule has 5 nitrogen and oxygen atoms in total. The molecule has 0 unspecified atom stereocenters. The summed E-state index contributed by atoms with van der Waals surface area (Å²) in [7, 11) is 0. The zero-order valence-corrected chi connectivity index (χ0v) is 11.7. The van der Waals surface area contributed by atoms with E-state index >= 15 is 0 Å². The fourth-order valence-electron chi connectivity index (χ4n) is 1.91. The van der Waals surface area contributed by atoms with Gasteiger partial charge in [-0.05, 0) is 33.6 Å². The second-order valence-electron chi connectivity index (χ2n) is 4.95. The summed E-state index contributed by atoms with van der Waals surface area (Å²) < 4.78 is 1.94. The van der Waals surface area contributed by atoms with Gasteiger partial charge in [-0.25, -0.2) is 4.68 Å².